The van der Waals surface area contributed by atoms with E-state index in [1.165, 1.54) is 5.56 Å². The Balaban J connectivity index is 0.00000161. The highest BCUT2D eigenvalue weighted by Gasteiger charge is 2.25. The summed E-state index contributed by atoms with van der Waals surface area (Å²) in [6.07, 6.45) is 0. The van der Waals surface area contributed by atoms with Crippen LogP contribution in [0.5, 0.6) is 0 Å². The first-order valence-corrected chi connectivity index (χ1v) is 6.98. The Morgan fingerprint density at radius 2 is 1.81 bits per heavy atom. The Hall–Kier alpha value is -1.71. The number of guanidine groups is 1. The van der Waals surface area contributed by atoms with Crippen LogP contribution in [0.15, 0.2) is 53.5 Å². The molecule has 1 heterocycles. The van der Waals surface area contributed by atoms with Crippen molar-refractivity contribution in [3.63, 3.8) is 0 Å². The zero-order valence-corrected chi connectivity index (χ0v) is 13.2. The lowest BCUT2D eigenvalue weighted by atomic mass is 10.0. The molecule has 1 aliphatic heterocycles. The fourth-order valence-corrected chi connectivity index (χ4v) is 2.72. The SMILES string of the molecule is CC1c2ccccc2N=C(N)N1Cc1ccccc1Cl.Cl. The van der Waals surface area contributed by atoms with Crippen LogP contribution < -0.4 is 5.73 Å². The molecule has 0 aromatic heterocycles. The molecule has 0 saturated heterocycles. The summed E-state index contributed by atoms with van der Waals surface area (Å²) in [4.78, 5) is 6.55. The van der Waals surface area contributed by atoms with E-state index in [4.69, 9.17) is 17.3 Å². The van der Waals surface area contributed by atoms with E-state index < -0.39 is 0 Å². The van der Waals surface area contributed by atoms with Crippen LogP contribution in [0.1, 0.15) is 24.1 Å². The van der Waals surface area contributed by atoms with Gasteiger partial charge in [-0.25, -0.2) is 4.99 Å². The average Bonchev–Trinajstić information content (AvgIpc) is 2.45. The lowest BCUT2D eigenvalue weighted by Crippen LogP contribution is -2.40. The summed E-state index contributed by atoms with van der Waals surface area (Å²) in [6, 6.07) is 16.1. The van der Waals surface area contributed by atoms with Crippen molar-refractivity contribution in [2.75, 3.05) is 0 Å². The minimum atomic E-state index is 0. The van der Waals surface area contributed by atoms with Crippen molar-refractivity contribution in [1.82, 2.24) is 4.90 Å². The van der Waals surface area contributed by atoms with E-state index in [0.29, 0.717) is 12.5 Å². The third kappa shape index (κ3) is 2.99. The largest absolute Gasteiger partial charge is 0.369 e. The molecule has 1 aliphatic rings. The van der Waals surface area contributed by atoms with Gasteiger partial charge in [-0.1, -0.05) is 48.0 Å². The lowest BCUT2D eigenvalue weighted by Gasteiger charge is -2.34. The van der Waals surface area contributed by atoms with Crippen LogP contribution in [0.4, 0.5) is 5.69 Å². The van der Waals surface area contributed by atoms with Gasteiger partial charge in [0, 0.05) is 17.1 Å². The number of hydrogen-bond acceptors (Lipinski definition) is 3. The molecule has 0 radical (unpaired) electrons. The van der Waals surface area contributed by atoms with Crippen molar-refractivity contribution in [2.45, 2.75) is 19.5 Å². The van der Waals surface area contributed by atoms with E-state index in [2.05, 4.69) is 22.9 Å². The summed E-state index contributed by atoms with van der Waals surface area (Å²) in [5, 5.41) is 0.756. The Bertz CT molecular complexity index is 670. The number of para-hydroxylation sites is 1. The van der Waals surface area contributed by atoms with Crippen LogP contribution in [0.3, 0.4) is 0 Å². The number of fused-ring (bicyclic) bond motifs is 1. The molecule has 0 bridgehead atoms. The second kappa shape index (κ2) is 6.37. The molecule has 0 saturated carbocycles. The minimum absolute atomic E-state index is 0. The van der Waals surface area contributed by atoms with Gasteiger partial charge in [-0.3, -0.25) is 0 Å². The number of hydrogen-bond donors (Lipinski definition) is 1. The first kappa shape index (κ1) is 15.7. The molecule has 2 aromatic carbocycles. The van der Waals surface area contributed by atoms with Crippen molar-refractivity contribution in [3.05, 3.63) is 64.7 Å². The fraction of sp³-hybridized carbons (Fsp3) is 0.188. The van der Waals surface area contributed by atoms with Crippen molar-refractivity contribution in [1.29, 1.82) is 0 Å². The van der Waals surface area contributed by atoms with E-state index in [1.807, 2.05) is 42.5 Å². The highest BCUT2D eigenvalue weighted by molar-refractivity contribution is 6.31. The predicted molar refractivity (Wildman–Crippen MR) is 90.4 cm³/mol. The molecule has 3 rings (SSSR count). The van der Waals surface area contributed by atoms with Crippen molar-refractivity contribution < 1.29 is 0 Å². The first-order chi connectivity index (χ1) is 9.66. The molecular weight excluding hydrogens is 305 g/mol. The van der Waals surface area contributed by atoms with Crippen molar-refractivity contribution >= 4 is 35.7 Å². The summed E-state index contributed by atoms with van der Waals surface area (Å²) in [5.41, 5.74) is 9.31. The summed E-state index contributed by atoms with van der Waals surface area (Å²) in [6.45, 7) is 2.79. The second-order valence-corrected chi connectivity index (χ2v) is 5.33. The quantitative estimate of drug-likeness (QED) is 0.896. The van der Waals surface area contributed by atoms with Gasteiger partial charge >= 0.3 is 0 Å². The van der Waals surface area contributed by atoms with Crippen molar-refractivity contribution in [3.8, 4) is 0 Å². The molecule has 3 nitrogen and oxygen atoms in total. The number of rotatable bonds is 2. The molecule has 0 spiro atoms. The third-order valence-corrected chi connectivity index (χ3v) is 4.05. The highest BCUT2D eigenvalue weighted by Crippen LogP contribution is 2.34. The highest BCUT2D eigenvalue weighted by atomic mass is 35.5. The summed E-state index contributed by atoms with van der Waals surface area (Å²) >= 11 is 6.23. The summed E-state index contributed by atoms with van der Waals surface area (Å²) in [5.74, 6) is 0.538. The van der Waals surface area contributed by atoms with Crippen LogP contribution in [-0.4, -0.2) is 10.9 Å². The smallest absolute Gasteiger partial charge is 0.197 e. The standard InChI is InChI=1S/C16H16ClN3.ClH/c1-11-13-7-3-5-9-15(13)19-16(18)20(11)10-12-6-2-4-8-14(12)17;/h2-9,11H,10H2,1H3,(H2,18,19);1H. The molecule has 2 N–H and O–H groups in total. The summed E-state index contributed by atoms with van der Waals surface area (Å²) in [7, 11) is 0. The maximum Gasteiger partial charge on any atom is 0.197 e. The van der Waals surface area contributed by atoms with Gasteiger partial charge in [0.1, 0.15) is 0 Å². The van der Waals surface area contributed by atoms with Gasteiger partial charge in [-0.05, 0) is 24.6 Å². The normalized spacial score (nSPS) is 16.8. The molecule has 0 fully saturated rings. The molecule has 0 aliphatic carbocycles. The molecule has 1 unspecified atom stereocenters. The predicted octanol–water partition coefficient (Wildman–Crippen LogP) is 4.28. The zero-order valence-electron chi connectivity index (χ0n) is 11.7. The number of nitrogens with zero attached hydrogens (tertiary/aromatic N) is 2. The monoisotopic (exact) mass is 321 g/mol. The molecule has 5 heteroatoms. The average molecular weight is 322 g/mol. The van der Waals surface area contributed by atoms with Gasteiger partial charge in [0.2, 0.25) is 0 Å². The third-order valence-electron chi connectivity index (χ3n) is 3.68. The topological polar surface area (TPSA) is 41.6 Å². The van der Waals surface area contributed by atoms with Crippen LogP contribution in [0, 0.1) is 0 Å². The Morgan fingerprint density at radius 3 is 2.57 bits per heavy atom. The molecule has 21 heavy (non-hydrogen) atoms. The Kier molecular flexibility index (Phi) is 4.76. The van der Waals surface area contributed by atoms with Gasteiger partial charge in [0.15, 0.2) is 5.96 Å². The minimum Gasteiger partial charge on any atom is -0.369 e. The van der Waals surface area contributed by atoms with E-state index in [-0.39, 0.29) is 18.4 Å². The number of nitrogens with two attached hydrogens (primary N) is 1. The summed E-state index contributed by atoms with van der Waals surface area (Å²) < 4.78 is 0. The second-order valence-electron chi connectivity index (χ2n) is 4.92. The molecule has 0 amide bonds. The van der Waals surface area contributed by atoms with Gasteiger partial charge in [0.25, 0.3) is 0 Å². The molecule has 1 atom stereocenters. The number of aliphatic imine (C=N–C) groups is 1. The van der Waals surface area contributed by atoms with Crippen LogP contribution in [0.2, 0.25) is 5.02 Å². The number of halogens is 2. The molecular formula is C16H17Cl2N3. The lowest BCUT2D eigenvalue weighted by molar-refractivity contribution is 0.320. The maximum atomic E-state index is 6.23. The van der Waals surface area contributed by atoms with E-state index >= 15 is 0 Å². The van der Waals surface area contributed by atoms with Crippen LogP contribution in [-0.2, 0) is 6.54 Å². The van der Waals surface area contributed by atoms with Gasteiger partial charge < -0.3 is 10.6 Å². The van der Waals surface area contributed by atoms with Gasteiger partial charge in [0.05, 0.1) is 11.7 Å². The van der Waals surface area contributed by atoms with E-state index in [1.54, 1.807) is 0 Å². The molecule has 110 valence electrons. The van der Waals surface area contributed by atoms with Gasteiger partial charge in [-0.2, -0.15) is 0 Å². The Morgan fingerprint density at radius 1 is 1.14 bits per heavy atom. The molecule has 2 aromatic rings. The zero-order chi connectivity index (χ0) is 14.1. The van der Waals surface area contributed by atoms with E-state index in [0.717, 1.165) is 16.3 Å². The first-order valence-electron chi connectivity index (χ1n) is 6.60. The van der Waals surface area contributed by atoms with Crippen LogP contribution in [0.25, 0.3) is 0 Å². The fourth-order valence-electron chi connectivity index (χ4n) is 2.52. The van der Waals surface area contributed by atoms with Crippen LogP contribution >= 0.6 is 24.0 Å². The van der Waals surface area contributed by atoms with E-state index in [9.17, 15) is 0 Å². The van der Waals surface area contributed by atoms with Crippen molar-refractivity contribution in [2.24, 2.45) is 10.7 Å². The number of benzene rings is 2. The van der Waals surface area contributed by atoms with Gasteiger partial charge in [-0.15, -0.1) is 12.4 Å². The Labute approximate surface area is 135 Å². The maximum absolute atomic E-state index is 6.23.